The molecule has 1 amide bonds. The minimum absolute atomic E-state index is 0.141. The van der Waals surface area contributed by atoms with Crippen molar-refractivity contribution in [2.75, 3.05) is 0 Å². The number of nitrogens with two attached hydrogens (primary N) is 1. The van der Waals surface area contributed by atoms with Gasteiger partial charge in [-0.15, -0.1) is 0 Å². The highest BCUT2D eigenvalue weighted by atomic mass is 16.5. The summed E-state index contributed by atoms with van der Waals surface area (Å²) in [5, 5.41) is 14.0. The number of primary amides is 1. The van der Waals surface area contributed by atoms with Gasteiger partial charge in [-0.25, -0.2) is 15.0 Å². The van der Waals surface area contributed by atoms with Crippen LogP contribution in [0.15, 0.2) is 41.3 Å². The van der Waals surface area contributed by atoms with E-state index in [4.69, 9.17) is 14.9 Å². The van der Waals surface area contributed by atoms with Gasteiger partial charge in [-0.1, -0.05) is 6.07 Å². The number of aliphatic hydroxyl groups excluding tert-OH is 1. The Labute approximate surface area is 173 Å². The lowest BCUT2D eigenvalue weighted by atomic mass is 9.91. The Hall–Kier alpha value is -3.30. The number of hydrogen-bond acceptors (Lipinski definition) is 8. The van der Waals surface area contributed by atoms with Crippen LogP contribution in [0.2, 0.25) is 0 Å². The number of hydrogen-bond donors (Lipinski definition) is 3. The van der Waals surface area contributed by atoms with Crippen molar-refractivity contribution >= 4 is 5.91 Å². The van der Waals surface area contributed by atoms with Crippen LogP contribution >= 0.6 is 0 Å². The van der Waals surface area contributed by atoms with E-state index in [1.54, 1.807) is 0 Å². The van der Waals surface area contributed by atoms with Gasteiger partial charge in [-0.3, -0.25) is 4.79 Å². The summed E-state index contributed by atoms with van der Waals surface area (Å²) in [6, 6.07) is 7.23. The number of nitrogens with one attached hydrogen (secondary N) is 1. The first kappa shape index (κ1) is 20.0. The molecule has 0 aliphatic carbocycles. The average Bonchev–Trinajstić information content (AvgIpc) is 3.16. The van der Waals surface area contributed by atoms with Gasteiger partial charge in [0.2, 0.25) is 0 Å². The molecule has 9 heteroatoms. The first-order chi connectivity index (χ1) is 14.5. The Morgan fingerprint density at radius 1 is 1.37 bits per heavy atom. The zero-order valence-corrected chi connectivity index (χ0v) is 16.5. The second-order valence-corrected chi connectivity index (χ2v) is 7.27. The smallest absolute Gasteiger partial charge is 0.267 e. The molecule has 3 heterocycles. The molecule has 2 aromatic heterocycles. The van der Waals surface area contributed by atoms with Crippen LogP contribution in [0, 0.1) is 6.92 Å². The van der Waals surface area contributed by atoms with Crippen LogP contribution in [0.4, 0.5) is 0 Å². The summed E-state index contributed by atoms with van der Waals surface area (Å²) < 4.78 is 11.1. The van der Waals surface area contributed by atoms with E-state index in [0.29, 0.717) is 31.2 Å². The van der Waals surface area contributed by atoms with E-state index in [2.05, 4.69) is 20.3 Å². The van der Waals surface area contributed by atoms with E-state index in [9.17, 15) is 9.90 Å². The Morgan fingerprint density at radius 3 is 3.00 bits per heavy atom. The van der Waals surface area contributed by atoms with Crippen LogP contribution in [0.25, 0.3) is 0 Å². The van der Waals surface area contributed by atoms with E-state index in [1.165, 1.54) is 18.7 Å². The lowest BCUT2D eigenvalue weighted by molar-refractivity contribution is 0.0992. The zero-order valence-electron chi connectivity index (χ0n) is 16.5. The number of amides is 1. The van der Waals surface area contributed by atoms with Gasteiger partial charge in [-0.2, -0.15) is 0 Å². The number of benzene rings is 1. The highest BCUT2D eigenvalue weighted by Gasteiger charge is 2.26. The SMILES string of the molecule is Cc1ncoc1COc1ccc2c(c1)CN[C@H]([C@H](O)Cc1nccc(C(N)=O)n1)C2. The molecule has 0 saturated heterocycles. The van der Waals surface area contributed by atoms with Crippen molar-refractivity contribution in [3.05, 3.63) is 71.0 Å². The molecule has 1 aromatic carbocycles. The number of oxazole rings is 1. The highest BCUT2D eigenvalue weighted by molar-refractivity contribution is 5.90. The molecule has 156 valence electrons. The summed E-state index contributed by atoms with van der Waals surface area (Å²) in [4.78, 5) is 23.6. The van der Waals surface area contributed by atoms with Crippen LogP contribution in [0.5, 0.6) is 5.75 Å². The second kappa shape index (κ2) is 8.60. The molecular formula is C21H23N5O4. The van der Waals surface area contributed by atoms with Gasteiger partial charge in [0, 0.05) is 25.2 Å². The number of nitrogens with zero attached hydrogens (tertiary/aromatic N) is 3. The van der Waals surface area contributed by atoms with E-state index in [0.717, 1.165) is 22.6 Å². The minimum Gasteiger partial charge on any atom is -0.486 e. The Kier molecular flexibility index (Phi) is 5.73. The van der Waals surface area contributed by atoms with E-state index < -0.39 is 12.0 Å². The number of fused-ring (bicyclic) bond motifs is 1. The predicted molar refractivity (Wildman–Crippen MR) is 107 cm³/mol. The third kappa shape index (κ3) is 4.47. The molecule has 9 nitrogen and oxygen atoms in total. The number of carbonyl (C=O) groups excluding carboxylic acids is 1. The highest BCUT2D eigenvalue weighted by Crippen LogP contribution is 2.25. The van der Waals surface area contributed by atoms with Crippen LogP contribution in [0.1, 0.15) is 38.9 Å². The average molecular weight is 409 g/mol. The Bertz CT molecular complexity index is 1050. The molecule has 0 fully saturated rings. The Balaban J connectivity index is 1.38. The van der Waals surface area contributed by atoms with Gasteiger partial charge in [0.1, 0.15) is 23.9 Å². The first-order valence-electron chi connectivity index (χ1n) is 9.66. The summed E-state index contributed by atoms with van der Waals surface area (Å²) >= 11 is 0. The van der Waals surface area contributed by atoms with E-state index >= 15 is 0 Å². The number of aryl methyl sites for hydroxylation is 1. The van der Waals surface area contributed by atoms with Crippen LogP contribution < -0.4 is 15.8 Å². The maximum atomic E-state index is 11.3. The number of aliphatic hydroxyl groups is 1. The van der Waals surface area contributed by atoms with Gasteiger partial charge in [0.25, 0.3) is 5.91 Å². The maximum Gasteiger partial charge on any atom is 0.267 e. The standard InChI is InChI=1S/C21H23N5O4/c1-12-19(30-11-25-12)10-29-15-3-2-13-7-17(24-9-14(13)6-15)18(27)8-20-23-5-4-16(26-20)21(22)28/h2-6,11,17-18,24,27H,7-10H2,1H3,(H2,22,28)/t17-,18+/m0/s1. The van der Waals surface area contributed by atoms with Gasteiger partial charge in [0.05, 0.1) is 11.8 Å². The van der Waals surface area contributed by atoms with Crippen molar-refractivity contribution < 1.29 is 19.1 Å². The lowest BCUT2D eigenvalue weighted by Crippen LogP contribution is -2.45. The molecule has 1 aliphatic rings. The Morgan fingerprint density at radius 2 is 2.23 bits per heavy atom. The molecular weight excluding hydrogens is 386 g/mol. The summed E-state index contributed by atoms with van der Waals surface area (Å²) in [6.45, 7) is 2.81. The van der Waals surface area contributed by atoms with Crippen molar-refractivity contribution in [1.29, 1.82) is 0 Å². The van der Waals surface area contributed by atoms with Crippen molar-refractivity contribution in [2.45, 2.75) is 45.1 Å². The minimum atomic E-state index is -0.702. The number of ether oxygens (including phenoxy) is 1. The molecule has 0 unspecified atom stereocenters. The van der Waals surface area contributed by atoms with Gasteiger partial charge in [0.15, 0.2) is 12.2 Å². The van der Waals surface area contributed by atoms with Gasteiger partial charge >= 0.3 is 0 Å². The fourth-order valence-electron chi connectivity index (χ4n) is 3.46. The summed E-state index contributed by atoms with van der Waals surface area (Å²) in [5.74, 6) is 1.23. The first-order valence-corrected chi connectivity index (χ1v) is 9.66. The second-order valence-electron chi connectivity index (χ2n) is 7.27. The predicted octanol–water partition coefficient (Wildman–Crippen LogP) is 1.07. The van der Waals surface area contributed by atoms with Crippen LogP contribution in [-0.4, -0.2) is 38.1 Å². The molecule has 4 N–H and O–H groups in total. The number of aromatic nitrogens is 3. The molecule has 0 bridgehead atoms. The molecule has 30 heavy (non-hydrogen) atoms. The van der Waals surface area contributed by atoms with E-state index in [1.807, 2.05) is 25.1 Å². The number of rotatable bonds is 7. The summed E-state index contributed by atoms with van der Waals surface area (Å²) in [7, 11) is 0. The normalized spacial score (nSPS) is 16.7. The van der Waals surface area contributed by atoms with Gasteiger partial charge in [-0.05, 0) is 42.7 Å². The fraction of sp³-hybridized carbons (Fsp3) is 0.333. The van der Waals surface area contributed by atoms with Crippen LogP contribution in [0.3, 0.4) is 0 Å². The van der Waals surface area contributed by atoms with Crippen molar-refractivity contribution in [3.63, 3.8) is 0 Å². The van der Waals surface area contributed by atoms with Gasteiger partial charge < -0.3 is 25.3 Å². The number of carbonyl (C=O) groups is 1. The summed E-state index contributed by atoms with van der Waals surface area (Å²) in [5.41, 5.74) is 8.48. The maximum absolute atomic E-state index is 11.3. The molecule has 0 spiro atoms. The van der Waals surface area contributed by atoms with E-state index in [-0.39, 0.29) is 18.2 Å². The molecule has 2 atom stereocenters. The topological polar surface area (TPSA) is 136 Å². The molecule has 0 radical (unpaired) electrons. The quantitative estimate of drug-likeness (QED) is 0.527. The summed E-state index contributed by atoms with van der Waals surface area (Å²) in [6.07, 6.45) is 3.07. The fourth-order valence-corrected chi connectivity index (χ4v) is 3.46. The third-order valence-corrected chi connectivity index (χ3v) is 5.20. The molecule has 4 rings (SSSR count). The van der Waals surface area contributed by atoms with Crippen LogP contribution in [-0.2, 0) is 26.0 Å². The van der Waals surface area contributed by atoms with Crippen molar-refractivity contribution in [1.82, 2.24) is 20.3 Å². The monoisotopic (exact) mass is 409 g/mol. The molecule has 0 saturated carbocycles. The lowest BCUT2D eigenvalue weighted by Gasteiger charge is -2.30. The largest absolute Gasteiger partial charge is 0.486 e. The third-order valence-electron chi connectivity index (χ3n) is 5.20. The van der Waals surface area contributed by atoms with Crippen molar-refractivity contribution in [2.24, 2.45) is 5.73 Å². The zero-order chi connectivity index (χ0) is 21.1. The van der Waals surface area contributed by atoms with Crippen molar-refractivity contribution in [3.8, 4) is 5.75 Å². The molecule has 3 aromatic rings. The molecule has 1 aliphatic heterocycles.